The summed E-state index contributed by atoms with van der Waals surface area (Å²) in [6, 6.07) is 1.09. The number of rotatable bonds is 2. The zero-order valence-corrected chi connectivity index (χ0v) is 9.33. The van der Waals surface area contributed by atoms with Crippen molar-refractivity contribution in [3.05, 3.63) is 18.0 Å². The summed E-state index contributed by atoms with van der Waals surface area (Å²) in [5.41, 5.74) is 1.10. The minimum Gasteiger partial charge on any atom is -0.351 e. The highest BCUT2D eigenvalue weighted by molar-refractivity contribution is 5.26. The van der Waals surface area contributed by atoms with E-state index >= 15 is 0 Å². The second kappa shape index (κ2) is 4.57. The second-order valence-corrected chi connectivity index (χ2v) is 4.30. The number of piperidine rings is 1. The van der Waals surface area contributed by atoms with Gasteiger partial charge in [0.05, 0.1) is 0 Å². The molecular formula is C11H18N4. The molecule has 2 unspecified atom stereocenters. The monoisotopic (exact) mass is 206 g/mol. The van der Waals surface area contributed by atoms with Crippen LogP contribution in [0.1, 0.15) is 25.3 Å². The van der Waals surface area contributed by atoms with Gasteiger partial charge in [0.1, 0.15) is 0 Å². The van der Waals surface area contributed by atoms with E-state index in [0.29, 0.717) is 12.1 Å². The average Bonchev–Trinajstić information content (AvgIpc) is 2.22. The fourth-order valence-electron chi connectivity index (χ4n) is 1.91. The van der Waals surface area contributed by atoms with E-state index in [9.17, 15) is 0 Å². The SMILES string of the molecule is Cc1cnc(NC2CCNC(C)C2)nc1. The summed E-state index contributed by atoms with van der Waals surface area (Å²) in [5, 5.41) is 6.80. The summed E-state index contributed by atoms with van der Waals surface area (Å²) < 4.78 is 0. The lowest BCUT2D eigenvalue weighted by molar-refractivity contribution is 0.395. The van der Waals surface area contributed by atoms with Gasteiger partial charge in [0.2, 0.25) is 5.95 Å². The molecule has 0 aromatic carbocycles. The Morgan fingerprint density at radius 1 is 1.40 bits per heavy atom. The van der Waals surface area contributed by atoms with Gasteiger partial charge in [0.25, 0.3) is 0 Å². The Balaban J connectivity index is 1.93. The molecule has 0 radical (unpaired) electrons. The van der Waals surface area contributed by atoms with E-state index in [1.165, 1.54) is 0 Å². The molecule has 4 nitrogen and oxygen atoms in total. The van der Waals surface area contributed by atoms with Crippen LogP contribution in [0.2, 0.25) is 0 Å². The number of nitrogens with one attached hydrogen (secondary N) is 2. The normalized spacial score (nSPS) is 26.3. The van der Waals surface area contributed by atoms with Crippen molar-refractivity contribution >= 4 is 5.95 Å². The summed E-state index contributed by atoms with van der Waals surface area (Å²) in [6.07, 6.45) is 5.97. The largest absolute Gasteiger partial charge is 0.351 e. The highest BCUT2D eigenvalue weighted by Gasteiger charge is 2.18. The van der Waals surface area contributed by atoms with Crippen molar-refractivity contribution in [1.82, 2.24) is 15.3 Å². The molecule has 1 fully saturated rings. The number of hydrogen-bond donors (Lipinski definition) is 2. The van der Waals surface area contributed by atoms with Crippen molar-refractivity contribution < 1.29 is 0 Å². The van der Waals surface area contributed by atoms with Crippen LogP contribution < -0.4 is 10.6 Å². The van der Waals surface area contributed by atoms with Crippen molar-refractivity contribution in [2.24, 2.45) is 0 Å². The van der Waals surface area contributed by atoms with Gasteiger partial charge in [-0.05, 0) is 38.8 Å². The van der Waals surface area contributed by atoms with Crippen molar-refractivity contribution in [3.63, 3.8) is 0 Å². The number of hydrogen-bond acceptors (Lipinski definition) is 4. The van der Waals surface area contributed by atoms with Gasteiger partial charge in [-0.15, -0.1) is 0 Å². The zero-order valence-electron chi connectivity index (χ0n) is 9.33. The summed E-state index contributed by atoms with van der Waals surface area (Å²) in [7, 11) is 0. The topological polar surface area (TPSA) is 49.8 Å². The minimum atomic E-state index is 0.504. The maximum absolute atomic E-state index is 4.25. The van der Waals surface area contributed by atoms with Crippen molar-refractivity contribution in [2.45, 2.75) is 38.8 Å². The zero-order chi connectivity index (χ0) is 10.7. The molecule has 1 aromatic heterocycles. The van der Waals surface area contributed by atoms with Crippen LogP contribution in [-0.2, 0) is 0 Å². The molecule has 0 saturated carbocycles. The lowest BCUT2D eigenvalue weighted by Gasteiger charge is -2.28. The maximum atomic E-state index is 4.25. The van der Waals surface area contributed by atoms with Gasteiger partial charge in [-0.1, -0.05) is 0 Å². The third kappa shape index (κ3) is 2.89. The highest BCUT2D eigenvalue weighted by atomic mass is 15.1. The highest BCUT2D eigenvalue weighted by Crippen LogP contribution is 2.12. The fourth-order valence-corrected chi connectivity index (χ4v) is 1.91. The van der Waals surface area contributed by atoms with Crippen LogP contribution in [0.5, 0.6) is 0 Å². The predicted molar refractivity (Wildman–Crippen MR) is 60.9 cm³/mol. The van der Waals surface area contributed by atoms with Crippen molar-refractivity contribution in [3.8, 4) is 0 Å². The summed E-state index contributed by atoms with van der Waals surface area (Å²) in [4.78, 5) is 8.51. The maximum Gasteiger partial charge on any atom is 0.222 e. The fraction of sp³-hybridized carbons (Fsp3) is 0.636. The molecule has 2 heterocycles. The number of nitrogens with zero attached hydrogens (tertiary/aromatic N) is 2. The molecular weight excluding hydrogens is 188 g/mol. The van der Waals surface area contributed by atoms with E-state index in [1.807, 2.05) is 19.3 Å². The van der Waals surface area contributed by atoms with E-state index in [0.717, 1.165) is 30.9 Å². The van der Waals surface area contributed by atoms with Crippen LogP contribution in [0, 0.1) is 6.92 Å². The van der Waals surface area contributed by atoms with Gasteiger partial charge in [-0.25, -0.2) is 9.97 Å². The molecule has 2 atom stereocenters. The second-order valence-electron chi connectivity index (χ2n) is 4.30. The van der Waals surface area contributed by atoms with E-state index in [-0.39, 0.29) is 0 Å². The van der Waals surface area contributed by atoms with Crippen molar-refractivity contribution in [2.75, 3.05) is 11.9 Å². The number of anilines is 1. The van der Waals surface area contributed by atoms with Gasteiger partial charge < -0.3 is 10.6 Å². The molecule has 1 aromatic rings. The first-order valence-corrected chi connectivity index (χ1v) is 5.52. The van der Waals surface area contributed by atoms with Crippen LogP contribution >= 0.6 is 0 Å². The van der Waals surface area contributed by atoms with Crippen LogP contribution in [0.25, 0.3) is 0 Å². The molecule has 0 spiro atoms. The Kier molecular flexibility index (Phi) is 3.16. The first kappa shape index (κ1) is 10.4. The molecule has 2 N–H and O–H groups in total. The smallest absolute Gasteiger partial charge is 0.222 e. The van der Waals surface area contributed by atoms with Crippen LogP contribution in [0.15, 0.2) is 12.4 Å². The third-order valence-electron chi connectivity index (χ3n) is 2.74. The molecule has 2 rings (SSSR count). The molecule has 0 amide bonds. The quantitative estimate of drug-likeness (QED) is 0.766. The number of aryl methyl sites for hydroxylation is 1. The first-order valence-electron chi connectivity index (χ1n) is 5.52. The van der Waals surface area contributed by atoms with E-state index in [4.69, 9.17) is 0 Å². The first-order chi connectivity index (χ1) is 7.24. The molecule has 15 heavy (non-hydrogen) atoms. The van der Waals surface area contributed by atoms with E-state index in [2.05, 4.69) is 27.5 Å². The van der Waals surface area contributed by atoms with Gasteiger partial charge in [0, 0.05) is 24.5 Å². The molecule has 4 heteroatoms. The summed E-state index contributed by atoms with van der Waals surface area (Å²) in [6.45, 7) is 5.28. The minimum absolute atomic E-state index is 0.504. The molecule has 1 aliphatic heterocycles. The molecule has 0 aliphatic carbocycles. The Morgan fingerprint density at radius 3 is 2.80 bits per heavy atom. The van der Waals surface area contributed by atoms with E-state index in [1.54, 1.807) is 0 Å². The van der Waals surface area contributed by atoms with Crippen molar-refractivity contribution in [1.29, 1.82) is 0 Å². The third-order valence-corrected chi connectivity index (χ3v) is 2.74. The number of aromatic nitrogens is 2. The van der Waals surface area contributed by atoms with Gasteiger partial charge in [-0.2, -0.15) is 0 Å². The van der Waals surface area contributed by atoms with Gasteiger partial charge in [-0.3, -0.25) is 0 Å². The summed E-state index contributed by atoms with van der Waals surface area (Å²) in [5.74, 6) is 0.750. The lowest BCUT2D eigenvalue weighted by atomic mass is 10.0. The Labute approximate surface area is 90.5 Å². The molecule has 0 bridgehead atoms. The van der Waals surface area contributed by atoms with Crippen LogP contribution in [0.4, 0.5) is 5.95 Å². The van der Waals surface area contributed by atoms with Crippen LogP contribution in [-0.4, -0.2) is 28.6 Å². The van der Waals surface area contributed by atoms with Crippen LogP contribution in [0.3, 0.4) is 0 Å². The van der Waals surface area contributed by atoms with Gasteiger partial charge in [0.15, 0.2) is 0 Å². The Hall–Kier alpha value is -1.16. The standard InChI is InChI=1S/C11H18N4/c1-8-6-13-11(14-7-8)15-10-3-4-12-9(2)5-10/h6-7,9-10,12H,3-5H2,1-2H3,(H,13,14,15). The molecule has 82 valence electrons. The summed E-state index contributed by atoms with van der Waals surface area (Å²) >= 11 is 0. The van der Waals surface area contributed by atoms with Gasteiger partial charge >= 0.3 is 0 Å². The predicted octanol–water partition coefficient (Wildman–Crippen LogP) is 1.34. The average molecular weight is 206 g/mol. The Bertz CT molecular complexity index is 309. The Morgan fingerprint density at radius 2 is 2.13 bits per heavy atom. The molecule has 1 saturated heterocycles. The molecule has 1 aliphatic rings. The van der Waals surface area contributed by atoms with E-state index < -0.39 is 0 Å². The lowest BCUT2D eigenvalue weighted by Crippen LogP contribution is -2.41.